The van der Waals surface area contributed by atoms with Crippen molar-refractivity contribution >= 4 is 5.78 Å². The molecule has 2 N–H and O–H groups in total. The molecule has 3 rings (SSSR count). The van der Waals surface area contributed by atoms with Gasteiger partial charge in [0.25, 0.3) is 0 Å². The molecule has 0 bridgehead atoms. The van der Waals surface area contributed by atoms with Gasteiger partial charge in [0, 0.05) is 24.3 Å². The first-order valence-corrected chi connectivity index (χ1v) is 8.66. The number of ketones is 1. The Morgan fingerprint density at radius 1 is 1.21 bits per heavy atom. The molecule has 1 aliphatic heterocycles. The maximum absolute atomic E-state index is 12.7. The summed E-state index contributed by atoms with van der Waals surface area (Å²) in [6.07, 6.45) is 3.03. The number of carbonyl (C=O) groups excluding carboxylic acids is 1. The second-order valence-corrected chi connectivity index (χ2v) is 7.05. The lowest BCUT2D eigenvalue weighted by atomic mass is 10.0. The zero-order valence-electron chi connectivity index (χ0n) is 14.5. The van der Waals surface area contributed by atoms with E-state index in [2.05, 4.69) is 10.6 Å². The zero-order chi connectivity index (χ0) is 17.2. The molecular formula is C20H26N2O2. The molecule has 0 aliphatic carbocycles. The fourth-order valence-electron chi connectivity index (χ4n) is 3.08. The van der Waals surface area contributed by atoms with Crippen LogP contribution in [0.3, 0.4) is 0 Å². The number of carbonyl (C=O) groups is 1. The minimum Gasteiger partial charge on any atom is -0.374 e. The average Bonchev–Trinajstić information content (AvgIpc) is 3.18. The number of nitrogens with zero attached hydrogens (tertiary/aromatic N) is 1. The molecule has 0 fully saturated rings. The van der Waals surface area contributed by atoms with E-state index in [1.54, 1.807) is 0 Å². The third-order valence-corrected chi connectivity index (χ3v) is 4.71. The van der Waals surface area contributed by atoms with Crippen molar-refractivity contribution in [2.45, 2.75) is 45.3 Å². The van der Waals surface area contributed by atoms with Gasteiger partial charge < -0.3 is 15.0 Å². The van der Waals surface area contributed by atoms with E-state index in [9.17, 15) is 4.79 Å². The predicted molar refractivity (Wildman–Crippen MR) is 95.4 cm³/mol. The molecule has 0 spiro atoms. The van der Waals surface area contributed by atoms with E-state index in [-0.39, 0.29) is 11.4 Å². The SMILES string of the molecule is CC(C)(CN)OCCc1ccc(C(=O)c2ccc3n2CCC3)cc1. The van der Waals surface area contributed by atoms with Gasteiger partial charge in [-0.15, -0.1) is 0 Å². The highest BCUT2D eigenvalue weighted by atomic mass is 16.5. The molecule has 0 unspecified atom stereocenters. The number of hydrogen-bond donors (Lipinski definition) is 1. The summed E-state index contributed by atoms with van der Waals surface area (Å²) >= 11 is 0. The molecule has 4 heteroatoms. The van der Waals surface area contributed by atoms with Crippen LogP contribution in [-0.2, 0) is 24.1 Å². The van der Waals surface area contributed by atoms with Gasteiger partial charge >= 0.3 is 0 Å². The summed E-state index contributed by atoms with van der Waals surface area (Å²) in [4.78, 5) is 12.7. The van der Waals surface area contributed by atoms with Crippen molar-refractivity contribution in [1.82, 2.24) is 4.57 Å². The van der Waals surface area contributed by atoms with Gasteiger partial charge in [-0.05, 0) is 50.8 Å². The van der Waals surface area contributed by atoms with E-state index in [0.29, 0.717) is 13.2 Å². The lowest BCUT2D eigenvalue weighted by Crippen LogP contribution is -2.34. The Kier molecular flexibility index (Phi) is 4.88. The smallest absolute Gasteiger partial charge is 0.209 e. The number of aromatic nitrogens is 1. The number of rotatable bonds is 7. The number of nitrogens with two attached hydrogens (primary N) is 1. The predicted octanol–water partition coefficient (Wildman–Crippen LogP) is 2.96. The standard InChI is InChI=1S/C20H26N2O2/c1-20(2,14-21)24-13-11-15-5-7-16(8-6-15)19(23)18-10-9-17-4-3-12-22(17)18/h5-10H,3-4,11-14,21H2,1-2H3. The first-order chi connectivity index (χ1) is 11.5. The van der Waals surface area contributed by atoms with Crippen LogP contribution in [0.4, 0.5) is 0 Å². The summed E-state index contributed by atoms with van der Waals surface area (Å²) in [6.45, 7) is 6.07. The van der Waals surface area contributed by atoms with Crippen LogP contribution in [0.1, 0.15) is 47.6 Å². The molecule has 2 heterocycles. The molecule has 0 atom stereocenters. The van der Waals surface area contributed by atoms with Gasteiger partial charge in [-0.2, -0.15) is 0 Å². The van der Waals surface area contributed by atoms with E-state index in [1.165, 1.54) is 11.3 Å². The third-order valence-electron chi connectivity index (χ3n) is 4.71. The van der Waals surface area contributed by atoms with Crippen molar-refractivity contribution < 1.29 is 9.53 Å². The summed E-state index contributed by atoms with van der Waals surface area (Å²) in [6, 6.07) is 11.9. The lowest BCUT2D eigenvalue weighted by molar-refractivity contribution is -0.00854. The highest BCUT2D eigenvalue weighted by Gasteiger charge is 2.20. The maximum atomic E-state index is 12.7. The summed E-state index contributed by atoms with van der Waals surface area (Å²) in [5, 5.41) is 0. The molecule has 0 radical (unpaired) electrons. The van der Waals surface area contributed by atoms with Crippen LogP contribution < -0.4 is 5.73 Å². The Labute approximate surface area is 143 Å². The van der Waals surface area contributed by atoms with Gasteiger partial charge in [0.2, 0.25) is 5.78 Å². The third kappa shape index (κ3) is 3.60. The minimum absolute atomic E-state index is 0.107. The van der Waals surface area contributed by atoms with E-state index in [0.717, 1.165) is 37.1 Å². The Bertz CT molecular complexity index is 714. The second-order valence-electron chi connectivity index (χ2n) is 7.05. The van der Waals surface area contributed by atoms with Gasteiger partial charge in [-0.1, -0.05) is 24.3 Å². The average molecular weight is 326 g/mol. The molecule has 24 heavy (non-hydrogen) atoms. The van der Waals surface area contributed by atoms with E-state index >= 15 is 0 Å². The van der Waals surface area contributed by atoms with Crippen molar-refractivity contribution in [3.05, 3.63) is 58.9 Å². The van der Waals surface area contributed by atoms with Crippen molar-refractivity contribution in [3.63, 3.8) is 0 Å². The second kappa shape index (κ2) is 6.91. The lowest BCUT2D eigenvalue weighted by Gasteiger charge is -2.23. The zero-order valence-corrected chi connectivity index (χ0v) is 14.5. The number of aryl methyl sites for hydroxylation is 1. The Hall–Kier alpha value is -1.91. The summed E-state index contributed by atoms with van der Waals surface area (Å²) < 4.78 is 7.93. The maximum Gasteiger partial charge on any atom is 0.209 e. The molecular weight excluding hydrogens is 300 g/mol. The summed E-state index contributed by atoms with van der Waals surface area (Å²) in [7, 11) is 0. The summed E-state index contributed by atoms with van der Waals surface area (Å²) in [5.41, 5.74) is 9.37. The van der Waals surface area contributed by atoms with Crippen LogP contribution in [0.5, 0.6) is 0 Å². The van der Waals surface area contributed by atoms with Crippen LogP contribution in [0.25, 0.3) is 0 Å². The van der Waals surface area contributed by atoms with Crippen molar-refractivity contribution in [2.75, 3.05) is 13.2 Å². The van der Waals surface area contributed by atoms with E-state index in [1.807, 2.05) is 44.2 Å². The topological polar surface area (TPSA) is 57.2 Å². The number of fused-ring (bicyclic) bond motifs is 1. The molecule has 1 aliphatic rings. The van der Waals surface area contributed by atoms with Crippen molar-refractivity contribution in [2.24, 2.45) is 5.73 Å². The number of benzene rings is 1. The number of hydrogen-bond acceptors (Lipinski definition) is 3. The quantitative estimate of drug-likeness (QED) is 0.796. The Morgan fingerprint density at radius 3 is 2.67 bits per heavy atom. The molecule has 2 aromatic rings. The molecule has 0 saturated heterocycles. The van der Waals surface area contributed by atoms with Crippen molar-refractivity contribution in [1.29, 1.82) is 0 Å². The van der Waals surface area contributed by atoms with Crippen LogP contribution in [-0.4, -0.2) is 29.1 Å². The van der Waals surface area contributed by atoms with Crippen LogP contribution in [0.15, 0.2) is 36.4 Å². The van der Waals surface area contributed by atoms with Crippen LogP contribution in [0.2, 0.25) is 0 Å². The van der Waals surface area contributed by atoms with Gasteiger partial charge in [0.1, 0.15) is 0 Å². The van der Waals surface area contributed by atoms with Gasteiger partial charge in [0.05, 0.1) is 17.9 Å². The fraction of sp³-hybridized carbons (Fsp3) is 0.450. The van der Waals surface area contributed by atoms with Crippen LogP contribution in [0, 0.1) is 0 Å². The van der Waals surface area contributed by atoms with Crippen molar-refractivity contribution in [3.8, 4) is 0 Å². The van der Waals surface area contributed by atoms with Gasteiger partial charge in [-0.25, -0.2) is 0 Å². The fourth-order valence-corrected chi connectivity index (χ4v) is 3.08. The molecule has 128 valence electrons. The highest BCUT2D eigenvalue weighted by molar-refractivity contribution is 6.08. The molecule has 0 saturated carbocycles. The van der Waals surface area contributed by atoms with E-state index in [4.69, 9.17) is 10.5 Å². The Balaban J connectivity index is 1.63. The first kappa shape index (κ1) is 16.9. The normalized spacial score (nSPS) is 14.0. The van der Waals surface area contributed by atoms with Gasteiger partial charge in [0.15, 0.2) is 0 Å². The van der Waals surface area contributed by atoms with E-state index < -0.39 is 0 Å². The minimum atomic E-state index is -0.286. The molecule has 1 aromatic heterocycles. The molecule has 4 nitrogen and oxygen atoms in total. The van der Waals surface area contributed by atoms with Crippen LogP contribution >= 0.6 is 0 Å². The first-order valence-electron chi connectivity index (χ1n) is 8.66. The monoisotopic (exact) mass is 326 g/mol. The number of ether oxygens (including phenoxy) is 1. The summed E-state index contributed by atoms with van der Waals surface area (Å²) in [5.74, 6) is 0.107. The Morgan fingerprint density at radius 2 is 1.96 bits per heavy atom. The molecule has 1 aromatic carbocycles. The largest absolute Gasteiger partial charge is 0.374 e. The van der Waals surface area contributed by atoms with Gasteiger partial charge in [-0.3, -0.25) is 4.79 Å². The molecule has 0 amide bonds. The highest BCUT2D eigenvalue weighted by Crippen LogP contribution is 2.21.